The molecule has 0 spiro atoms. The number of hydrogen-bond acceptors (Lipinski definition) is 5. The van der Waals surface area contributed by atoms with E-state index in [2.05, 4.69) is 79.6 Å². The van der Waals surface area contributed by atoms with Crippen molar-refractivity contribution in [3.05, 3.63) is 94.0 Å². The zero-order valence-corrected chi connectivity index (χ0v) is 19.5. The van der Waals surface area contributed by atoms with Crippen molar-refractivity contribution in [2.75, 3.05) is 38.0 Å². The van der Waals surface area contributed by atoms with Gasteiger partial charge in [-0.3, -0.25) is 9.69 Å². The summed E-state index contributed by atoms with van der Waals surface area (Å²) in [7, 11) is 5.48. The Morgan fingerprint density at radius 3 is 2.39 bits per heavy atom. The molecular weight excluding hydrogens is 454 g/mol. The number of rotatable bonds is 5. The van der Waals surface area contributed by atoms with E-state index in [0.717, 1.165) is 32.5 Å². The molecule has 5 nitrogen and oxygen atoms in total. The van der Waals surface area contributed by atoms with E-state index in [1.165, 1.54) is 7.11 Å². The van der Waals surface area contributed by atoms with Crippen LogP contribution in [-0.4, -0.2) is 38.6 Å². The summed E-state index contributed by atoms with van der Waals surface area (Å²) in [6, 6.07) is 24.9. The van der Waals surface area contributed by atoms with Gasteiger partial charge in [-0.05, 0) is 47.0 Å². The number of hydrogen-bond donors (Lipinski definition) is 1. The van der Waals surface area contributed by atoms with E-state index >= 15 is 0 Å². The zero-order chi connectivity index (χ0) is 22.0. The first-order valence-corrected chi connectivity index (χ1v) is 11.0. The Hall–Kier alpha value is -2.83. The fourth-order valence-electron chi connectivity index (χ4n) is 4.08. The summed E-state index contributed by atoms with van der Waals surface area (Å²) >= 11 is 3.61. The molecule has 0 saturated carbocycles. The topological polar surface area (TPSA) is 44.8 Å². The highest BCUT2D eigenvalue weighted by atomic mass is 79.9. The third-order valence-corrected chi connectivity index (χ3v) is 6.14. The minimum atomic E-state index is -0.268. The zero-order valence-electron chi connectivity index (χ0n) is 17.9. The number of halogens is 1. The van der Waals surface area contributed by atoms with Crippen molar-refractivity contribution in [3.8, 4) is 0 Å². The van der Waals surface area contributed by atoms with Crippen LogP contribution >= 0.6 is 15.9 Å². The van der Waals surface area contributed by atoms with E-state index in [9.17, 15) is 4.79 Å². The van der Waals surface area contributed by atoms with Crippen molar-refractivity contribution < 1.29 is 9.53 Å². The molecule has 4 rings (SSSR count). The minimum Gasteiger partial charge on any atom is -0.468 e. The number of ether oxygens (including phenoxy) is 1. The number of fused-ring (bicyclic) bond motifs is 1. The predicted molar refractivity (Wildman–Crippen MR) is 128 cm³/mol. The number of benzene rings is 3. The molecule has 0 aromatic heterocycles. The van der Waals surface area contributed by atoms with Gasteiger partial charge in [0, 0.05) is 29.9 Å². The third-order valence-electron chi connectivity index (χ3n) is 5.64. The van der Waals surface area contributed by atoms with Gasteiger partial charge in [0.15, 0.2) is 0 Å². The van der Waals surface area contributed by atoms with Crippen molar-refractivity contribution >= 4 is 33.3 Å². The van der Waals surface area contributed by atoms with Crippen LogP contribution in [0.25, 0.3) is 0 Å². The Bertz CT molecular complexity index is 1050. The molecule has 160 valence electrons. The summed E-state index contributed by atoms with van der Waals surface area (Å²) in [4.78, 5) is 16.7. The molecular formula is C25H26BrN3O2. The number of nitrogens with zero attached hydrogens (tertiary/aromatic N) is 2. The van der Waals surface area contributed by atoms with Crippen LogP contribution in [0, 0.1) is 0 Å². The van der Waals surface area contributed by atoms with Crippen LogP contribution in [-0.2, 0) is 9.53 Å². The van der Waals surface area contributed by atoms with E-state index in [0.29, 0.717) is 0 Å². The van der Waals surface area contributed by atoms with E-state index in [1.807, 2.05) is 38.4 Å². The molecule has 0 amide bonds. The molecule has 0 aliphatic carbocycles. The maximum absolute atomic E-state index is 12.4. The molecule has 0 bridgehead atoms. The number of methoxy groups -OCH3 is 1. The molecule has 0 fully saturated rings. The van der Waals surface area contributed by atoms with Crippen LogP contribution in [0.5, 0.6) is 0 Å². The lowest BCUT2D eigenvalue weighted by atomic mass is 9.91. The van der Waals surface area contributed by atoms with Gasteiger partial charge < -0.3 is 15.0 Å². The smallest absolute Gasteiger partial charge is 0.319 e. The molecule has 1 N–H and O–H groups in total. The predicted octanol–water partition coefficient (Wildman–Crippen LogP) is 5.20. The van der Waals surface area contributed by atoms with E-state index < -0.39 is 0 Å². The van der Waals surface area contributed by atoms with Crippen LogP contribution in [0.2, 0.25) is 0 Å². The first-order chi connectivity index (χ1) is 15.0. The van der Waals surface area contributed by atoms with Gasteiger partial charge in [0.05, 0.1) is 19.7 Å². The van der Waals surface area contributed by atoms with Crippen molar-refractivity contribution in [3.63, 3.8) is 0 Å². The van der Waals surface area contributed by atoms with Crippen molar-refractivity contribution in [2.45, 2.75) is 12.2 Å². The van der Waals surface area contributed by atoms with Crippen molar-refractivity contribution in [1.29, 1.82) is 0 Å². The van der Waals surface area contributed by atoms with Gasteiger partial charge in [0.2, 0.25) is 0 Å². The SMILES string of the molecule is COC(=O)CN1[C@H](c2ccccc2)c2cc(Br)ccc2N[C@H]1c1ccc(N(C)C)cc1. The van der Waals surface area contributed by atoms with E-state index in [1.54, 1.807) is 0 Å². The van der Waals surface area contributed by atoms with Crippen LogP contribution in [0.4, 0.5) is 11.4 Å². The first kappa shape index (κ1) is 21.4. The fraction of sp³-hybridized carbons (Fsp3) is 0.240. The normalized spacial score (nSPS) is 18.1. The monoisotopic (exact) mass is 479 g/mol. The molecule has 3 aromatic carbocycles. The highest BCUT2D eigenvalue weighted by Gasteiger charge is 2.37. The average Bonchev–Trinajstić information content (AvgIpc) is 2.79. The third kappa shape index (κ3) is 4.45. The summed E-state index contributed by atoms with van der Waals surface area (Å²) in [6.45, 7) is 0.162. The van der Waals surface area contributed by atoms with Crippen LogP contribution in [0.3, 0.4) is 0 Å². The number of carbonyl (C=O) groups is 1. The largest absolute Gasteiger partial charge is 0.468 e. The van der Waals surface area contributed by atoms with Crippen LogP contribution in [0.15, 0.2) is 77.3 Å². The van der Waals surface area contributed by atoms with E-state index in [4.69, 9.17) is 4.74 Å². The second-order valence-electron chi connectivity index (χ2n) is 7.83. The quantitative estimate of drug-likeness (QED) is 0.509. The molecule has 1 heterocycles. The standard InChI is InChI=1S/C25H26BrN3O2/c1-28(2)20-12-9-18(10-13-20)25-27-22-14-11-19(26)15-21(22)24(17-7-5-4-6-8-17)29(25)16-23(30)31-3/h4-15,24-25,27H,16H2,1-3H3/t24-,25-/m1/s1. The van der Waals surface area contributed by atoms with Crippen molar-refractivity contribution in [2.24, 2.45) is 0 Å². The Morgan fingerprint density at radius 2 is 1.74 bits per heavy atom. The minimum absolute atomic E-state index is 0.104. The maximum atomic E-state index is 12.4. The fourth-order valence-corrected chi connectivity index (χ4v) is 4.46. The Labute approximate surface area is 191 Å². The van der Waals surface area contributed by atoms with Gasteiger partial charge in [0.25, 0.3) is 0 Å². The molecule has 1 aliphatic rings. The summed E-state index contributed by atoms with van der Waals surface area (Å²) in [5.74, 6) is -0.268. The highest BCUT2D eigenvalue weighted by molar-refractivity contribution is 9.10. The molecule has 6 heteroatoms. The van der Waals surface area contributed by atoms with Gasteiger partial charge in [0.1, 0.15) is 6.17 Å². The number of esters is 1. The Kier molecular flexibility index (Phi) is 6.30. The number of nitrogens with one attached hydrogen (secondary N) is 1. The van der Waals surface area contributed by atoms with E-state index in [-0.39, 0.29) is 24.7 Å². The molecule has 0 unspecified atom stereocenters. The second kappa shape index (κ2) is 9.12. The lowest BCUT2D eigenvalue weighted by molar-refractivity contribution is -0.143. The van der Waals surface area contributed by atoms with Gasteiger partial charge >= 0.3 is 5.97 Å². The number of anilines is 2. The van der Waals surface area contributed by atoms with Gasteiger partial charge in [-0.1, -0.05) is 58.4 Å². The molecule has 0 saturated heterocycles. The van der Waals surface area contributed by atoms with Gasteiger partial charge in [-0.15, -0.1) is 0 Å². The average molecular weight is 480 g/mol. The van der Waals surface area contributed by atoms with Crippen molar-refractivity contribution in [1.82, 2.24) is 4.90 Å². The molecule has 0 radical (unpaired) electrons. The van der Waals surface area contributed by atoms with Crippen LogP contribution in [0.1, 0.15) is 28.9 Å². The van der Waals surface area contributed by atoms with Crippen LogP contribution < -0.4 is 10.2 Å². The number of carbonyl (C=O) groups excluding carboxylic acids is 1. The summed E-state index contributed by atoms with van der Waals surface area (Å²) in [5.41, 5.74) is 5.51. The summed E-state index contributed by atoms with van der Waals surface area (Å²) in [6.07, 6.45) is -0.186. The van der Waals surface area contributed by atoms with Gasteiger partial charge in [-0.25, -0.2) is 0 Å². The first-order valence-electron chi connectivity index (χ1n) is 10.2. The molecule has 31 heavy (non-hydrogen) atoms. The second-order valence-corrected chi connectivity index (χ2v) is 8.74. The highest BCUT2D eigenvalue weighted by Crippen LogP contribution is 2.44. The summed E-state index contributed by atoms with van der Waals surface area (Å²) in [5, 5.41) is 3.65. The molecule has 3 aromatic rings. The Morgan fingerprint density at radius 1 is 1.03 bits per heavy atom. The lowest BCUT2D eigenvalue weighted by Crippen LogP contribution is -2.44. The lowest BCUT2D eigenvalue weighted by Gasteiger charge is -2.44. The summed E-state index contributed by atoms with van der Waals surface area (Å²) < 4.78 is 6.06. The molecule has 2 atom stereocenters. The Balaban J connectivity index is 1.85. The maximum Gasteiger partial charge on any atom is 0.319 e. The van der Waals surface area contributed by atoms with Gasteiger partial charge in [-0.2, -0.15) is 0 Å². The molecule has 1 aliphatic heterocycles.